The number of nitrogens with zero attached hydrogens (tertiary/aromatic N) is 1. The van der Waals surface area contributed by atoms with E-state index in [1.807, 2.05) is 62.4 Å². The molecule has 2 aromatic carbocycles. The lowest BCUT2D eigenvalue weighted by molar-refractivity contribution is 0.414. The highest BCUT2D eigenvalue weighted by Crippen LogP contribution is 2.40. The summed E-state index contributed by atoms with van der Waals surface area (Å²) >= 11 is 1.63. The third-order valence-corrected chi connectivity index (χ3v) is 5.34. The van der Waals surface area contributed by atoms with Crippen LogP contribution in [-0.2, 0) is 5.54 Å². The van der Waals surface area contributed by atoms with Crippen molar-refractivity contribution in [2.75, 3.05) is 14.2 Å². The predicted molar refractivity (Wildman–Crippen MR) is 103 cm³/mol. The lowest BCUT2D eigenvalue weighted by Gasteiger charge is -2.13. The second kappa shape index (κ2) is 6.86. The Morgan fingerprint density at radius 1 is 0.840 bits per heavy atom. The van der Waals surface area contributed by atoms with Crippen molar-refractivity contribution in [3.05, 3.63) is 53.5 Å². The molecule has 0 aliphatic rings. The van der Waals surface area contributed by atoms with Gasteiger partial charge in [-0.25, -0.2) is 4.98 Å². The highest BCUT2D eigenvalue weighted by Gasteiger charge is 2.23. The minimum Gasteiger partial charge on any atom is -0.497 e. The van der Waals surface area contributed by atoms with Gasteiger partial charge in [-0.15, -0.1) is 11.3 Å². The third kappa shape index (κ3) is 3.67. The highest BCUT2D eigenvalue weighted by atomic mass is 32.1. The Morgan fingerprint density at radius 3 is 1.76 bits per heavy atom. The first-order chi connectivity index (χ1) is 11.9. The molecule has 0 unspecified atom stereocenters. The van der Waals surface area contributed by atoms with Crippen molar-refractivity contribution < 1.29 is 9.47 Å². The smallest absolute Gasteiger partial charge is 0.118 e. The molecule has 1 heterocycles. The van der Waals surface area contributed by atoms with Gasteiger partial charge >= 0.3 is 0 Å². The maximum Gasteiger partial charge on any atom is 0.118 e. The molecule has 1 aromatic heterocycles. The van der Waals surface area contributed by atoms with Crippen molar-refractivity contribution in [3.8, 4) is 33.2 Å². The molecular weight excluding hydrogens is 332 g/mol. The van der Waals surface area contributed by atoms with Crippen LogP contribution in [0.4, 0.5) is 0 Å². The number of aromatic nitrogens is 1. The Hall–Kier alpha value is -2.37. The summed E-state index contributed by atoms with van der Waals surface area (Å²) in [6.45, 7) is 3.95. The first kappa shape index (κ1) is 17.5. The van der Waals surface area contributed by atoms with Crippen molar-refractivity contribution in [1.29, 1.82) is 0 Å². The number of nitrogens with two attached hydrogens (primary N) is 1. The van der Waals surface area contributed by atoms with Gasteiger partial charge in [0.15, 0.2) is 0 Å². The summed E-state index contributed by atoms with van der Waals surface area (Å²) in [7, 11) is 3.33. The molecule has 3 rings (SSSR count). The molecule has 0 atom stereocenters. The molecule has 0 saturated heterocycles. The molecule has 25 heavy (non-hydrogen) atoms. The van der Waals surface area contributed by atoms with E-state index in [0.29, 0.717) is 0 Å². The lowest BCUT2D eigenvalue weighted by Crippen LogP contribution is -2.28. The van der Waals surface area contributed by atoms with Crippen molar-refractivity contribution >= 4 is 11.3 Å². The number of rotatable bonds is 5. The fourth-order valence-corrected chi connectivity index (χ4v) is 3.59. The molecule has 0 saturated carbocycles. The number of hydrogen-bond acceptors (Lipinski definition) is 5. The maximum atomic E-state index is 6.29. The van der Waals surface area contributed by atoms with Crippen molar-refractivity contribution in [2.24, 2.45) is 5.73 Å². The minimum absolute atomic E-state index is 0.489. The van der Waals surface area contributed by atoms with Gasteiger partial charge in [0.25, 0.3) is 0 Å². The lowest BCUT2D eigenvalue weighted by atomic mass is 10.1. The molecule has 4 nitrogen and oxygen atoms in total. The van der Waals surface area contributed by atoms with Gasteiger partial charge < -0.3 is 15.2 Å². The number of methoxy groups -OCH3 is 2. The van der Waals surface area contributed by atoms with Gasteiger partial charge in [-0.2, -0.15) is 0 Å². The normalized spacial score (nSPS) is 11.4. The van der Waals surface area contributed by atoms with Crippen LogP contribution in [0.1, 0.15) is 18.9 Å². The molecule has 0 spiro atoms. The standard InChI is InChI=1S/C20H22N2O2S/c1-20(2,21)19-22-17(13-5-9-15(23-3)10-6-13)18(25-19)14-7-11-16(24-4)12-8-14/h5-12H,21H2,1-4H3. The van der Waals surface area contributed by atoms with E-state index in [4.69, 9.17) is 20.2 Å². The molecule has 2 N–H and O–H groups in total. The number of benzene rings is 2. The summed E-state index contributed by atoms with van der Waals surface area (Å²) < 4.78 is 10.5. The first-order valence-electron chi connectivity index (χ1n) is 8.01. The molecule has 0 amide bonds. The molecule has 5 heteroatoms. The van der Waals surface area contributed by atoms with Crippen molar-refractivity contribution in [3.63, 3.8) is 0 Å². The van der Waals surface area contributed by atoms with Gasteiger partial charge in [-0.05, 0) is 67.9 Å². The zero-order chi connectivity index (χ0) is 18.0. The van der Waals surface area contributed by atoms with Crippen LogP contribution in [0, 0.1) is 0 Å². The quantitative estimate of drug-likeness (QED) is 0.722. The Bertz CT molecular complexity index is 782. The zero-order valence-electron chi connectivity index (χ0n) is 14.9. The number of thiazole rings is 1. The largest absolute Gasteiger partial charge is 0.497 e. The molecule has 3 aromatic rings. The summed E-state index contributed by atoms with van der Waals surface area (Å²) in [6.07, 6.45) is 0. The molecule has 0 radical (unpaired) electrons. The number of ether oxygens (including phenoxy) is 2. The van der Waals surface area contributed by atoms with Crippen molar-refractivity contribution in [2.45, 2.75) is 19.4 Å². The van der Waals surface area contributed by atoms with Crippen LogP contribution in [-0.4, -0.2) is 19.2 Å². The fourth-order valence-electron chi connectivity index (χ4n) is 2.48. The zero-order valence-corrected chi connectivity index (χ0v) is 15.7. The summed E-state index contributed by atoms with van der Waals surface area (Å²) in [5.74, 6) is 1.66. The summed E-state index contributed by atoms with van der Waals surface area (Å²) in [6, 6.07) is 15.9. The monoisotopic (exact) mass is 354 g/mol. The molecule has 0 fully saturated rings. The molecule has 0 bridgehead atoms. The highest BCUT2D eigenvalue weighted by molar-refractivity contribution is 7.15. The van der Waals surface area contributed by atoms with Gasteiger partial charge in [0, 0.05) is 5.56 Å². The Labute approximate surface area is 152 Å². The summed E-state index contributed by atoms with van der Waals surface area (Å²) in [4.78, 5) is 5.95. The van der Waals surface area contributed by atoms with E-state index < -0.39 is 5.54 Å². The maximum absolute atomic E-state index is 6.29. The fraction of sp³-hybridized carbons (Fsp3) is 0.250. The van der Waals surface area contributed by atoms with Gasteiger partial charge in [0.1, 0.15) is 16.5 Å². The molecular formula is C20H22N2O2S. The van der Waals surface area contributed by atoms with Crippen LogP contribution >= 0.6 is 11.3 Å². The molecule has 0 aliphatic carbocycles. The van der Waals surface area contributed by atoms with E-state index >= 15 is 0 Å². The Morgan fingerprint density at radius 2 is 1.32 bits per heavy atom. The van der Waals surface area contributed by atoms with E-state index in [0.717, 1.165) is 38.2 Å². The summed E-state index contributed by atoms with van der Waals surface area (Å²) in [5, 5.41) is 0.907. The van der Waals surface area contributed by atoms with Crippen LogP contribution < -0.4 is 15.2 Å². The topological polar surface area (TPSA) is 57.4 Å². The van der Waals surface area contributed by atoms with E-state index in [1.165, 1.54) is 0 Å². The summed E-state index contributed by atoms with van der Waals surface area (Å²) in [5.41, 5.74) is 8.88. The SMILES string of the molecule is COc1ccc(-c2nc(C(C)(C)N)sc2-c2ccc(OC)cc2)cc1. The number of hydrogen-bond donors (Lipinski definition) is 1. The Kier molecular flexibility index (Phi) is 4.79. The third-order valence-electron chi connectivity index (χ3n) is 3.89. The van der Waals surface area contributed by atoms with Crippen LogP contribution in [0.25, 0.3) is 21.7 Å². The molecule has 130 valence electrons. The van der Waals surface area contributed by atoms with Crippen LogP contribution in [0.5, 0.6) is 11.5 Å². The second-order valence-corrected chi connectivity index (χ2v) is 7.37. The van der Waals surface area contributed by atoms with Crippen molar-refractivity contribution in [1.82, 2.24) is 4.98 Å². The predicted octanol–water partition coefficient (Wildman–Crippen LogP) is 4.69. The van der Waals surface area contributed by atoms with E-state index in [1.54, 1.807) is 25.6 Å². The van der Waals surface area contributed by atoms with Crippen LogP contribution in [0.2, 0.25) is 0 Å². The second-order valence-electron chi connectivity index (χ2n) is 6.38. The van der Waals surface area contributed by atoms with Gasteiger partial charge in [0.2, 0.25) is 0 Å². The van der Waals surface area contributed by atoms with E-state index in [-0.39, 0.29) is 0 Å². The van der Waals surface area contributed by atoms with Crippen LogP contribution in [0.15, 0.2) is 48.5 Å². The Balaban J connectivity index is 2.12. The molecule has 0 aliphatic heterocycles. The minimum atomic E-state index is -0.489. The van der Waals surface area contributed by atoms with Gasteiger partial charge in [-0.1, -0.05) is 0 Å². The van der Waals surface area contributed by atoms with Crippen LogP contribution in [0.3, 0.4) is 0 Å². The van der Waals surface area contributed by atoms with E-state index in [9.17, 15) is 0 Å². The average Bonchev–Trinajstić information content (AvgIpc) is 3.07. The van der Waals surface area contributed by atoms with E-state index in [2.05, 4.69) is 0 Å². The first-order valence-corrected chi connectivity index (χ1v) is 8.83. The average molecular weight is 354 g/mol. The van der Waals surface area contributed by atoms with Gasteiger partial charge in [0.05, 0.1) is 30.3 Å². The van der Waals surface area contributed by atoms with Gasteiger partial charge in [-0.3, -0.25) is 0 Å².